The van der Waals surface area contributed by atoms with Crippen LogP contribution in [0.5, 0.6) is 0 Å². The molecule has 0 saturated carbocycles. The Balaban J connectivity index is 2.02. The van der Waals surface area contributed by atoms with Gasteiger partial charge in [-0.2, -0.15) is 0 Å². The number of nitrogen functional groups attached to an aromatic ring is 1. The van der Waals surface area contributed by atoms with Gasteiger partial charge in [0.1, 0.15) is 5.69 Å². The Labute approximate surface area is 109 Å². The van der Waals surface area contributed by atoms with Crippen LogP contribution >= 0.6 is 0 Å². The Morgan fingerprint density at radius 1 is 1.42 bits per heavy atom. The zero-order valence-electron chi connectivity index (χ0n) is 10.2. The van der Waals surface area contributed by atoms with Gasteiger partial charge < -0.3 is 15.5 Å². The molecule has 0 spiro atoms. The molecule has 1 atom stereocenters. The fourth-order valence-corrected chi connectivity index (χ4v) is 1.96. The summed E-state index contributed by atoms with van der Waals surface area (Å²) in [6, 6.07) is 1.87. The Kier molecular flexibility index (Phi) is 4.28. The molecular formula is C12H15F2N3O2. The predicted octanol–water partition coefficient (Wildman–Crippen LogP) is 1.16. The molecule has 1 unspecified atom stereocenters. The zero-order chi connectivity index (χ0) is 13.8. The Morgan fingerprint density at radius 3 is 2.63 bits per heavy atom. The van der Waals surface area contributed by atoms with Crippen molar-refractivity contribution in [1.29, 1.82) is 0 Å². The van der Waals surface area contributed by atoms with Crippen molar-refractivity contribution >= 4 is 11.6 Å². The Morgan fingerprint density at radius 2 is 2.11 bits per heavy atom. The number of amides is 1. The fourth-order valence-electron chi connectivity index (χ4n) is 1.96. The number of nitrogens with one attached hydrogen (secondary N) is 2. The molecule has 4 N–H and O–H groups in total. The molecule has 7 heteroatoms. The quantitative estimate of drug-likeness (QED) is 0.567. The van der Waals surface area contributed by atoms with E-state index in [2.05, 4.69) is 5.32 Å². The largest absolute Gasteiger partial charge is 0.376 e. The molecule has 1 aromatic rings. The van der Waals surface area contributed by atoms with E-state index in [9.17, 15) is 13.6 Å². The SMILES string of the molecule is NNc1c(F)cc(C(=O)NCC2CCCO2)cc1F. The minimum atomic E-state index is -0.912. The van der Waals surface area contributed by atoms with Crippen LogP contribution in [0.4, 0.5) is 14.5 Å². The topological polar surface area (TPSA) is 76.4 Å². The number of anilines is 1. The van der Waals surface area contributed by atoms with E-state index in [0.29, 0.717) is 13.2 Å². The number of benzene rings is 1. The lowest BCUT2D eigenvalue weighted by atomic mass is 10.1. The van der Waals surface area contributed by atoms with Crippen LogP contribution in [0.15, 0.2) is 12.1 Å². The van der Waals surface area contributed by atoms with Crippen LogP contribution in [-0.4, -0.2) is 25.2 Å². The molecule has 1 fully saturated rings. The van der Waals surface area contributed by atoms with Gasteiger partial charge in [0.15, 0.2) is 11.6 Å². The molecule has 2 rings (SSSR count). The van der Waals surface area contributed by atoms with E-state index in [0.717, 1.165) is 25.0 Å². The second-order valence-electron chi connectivity index (χ2n) is 4.30. The molecule has 5 nitrogen and oxygen atoms in total. The number of ether oxygens (including phenoxy) is 1. The third-order valence-electron chi connectivity index (χ3n) is 2.96. The summed E-state index contributed by atoms with van der Waals surface area (Å²) in [4.78, 5) is 11.8. The van der Waals surface area contributed by atoms with E-state index in [1.807, 2.05) is 5.43 Å². The number of nitrogens with two attached hydrogens (primary N) is 1. The van der Waals surface area contributed by atoms with E-state index >= 15 is 0 Å². The van der Waals surface area contributed by atoms with Crippen molar-refractivity contribution in [3.8, 4) is 0 Å². The summed E-state index contributed by atoms with van der Waals surface area (Å²) in [5.41, 5.74) is 1.35. The van der Waals surface area contributed by atoms with Crippen LogP contribution in [0.3, 0.4) is 0 Å². The van der Waals surface area contributed by atoms with E-state index in [1.165, 1.54) is 0 Å². The number of hydrogen-bond acceptors (Lipinski definition) is 4. The van der Waals surface area contributed by atoms with Crippen molar-refractivity contribution in [2.75, 3.05) is 18.6 Å². The summed E-state index contributed by atoms with van der Waals surface area (Å²) in [6.07, 6.45) is 1.81. The minimum absolute atomic E-state index is 0.0244. The zero-order valence-corrected chi connectivity index (χ0v) is 10.2. The van der Waals surface area contributed by atoms with Crippen molar-refractivity contribution in [3.05, 3.63) is 29.3 Å². The van der Waals surface area contributed by atoms with Gasteiger partial charge in [-0.15, -0.1) is 0 Å². The standard InChI is InChI=1S/C12H15F2N3O2/c13-9-4-7(5-10(14)11(9)17-15)12(18)16-6-8-2-1-3-19-8/h4-5,8,17H,1-3,6,15H2,(H,16,18). The van der Waals surface area contributed by atoms with Crippen molar-refractivity contribution in [2.45, 2.75) is 18.9 Å². The number of carbonyl (C=O) groups excluding carboxylic acids is 1. The lowest BCUT2D eigenvalue weighted by Crippen LogP contribution is -2.32. The van der Waals surface area contributed by atoms with E-state index in [-0.39, 0.29) is 11.7 Å². The van der Waals surface area contributed by atoms with Crippen molar-refractivity contribution in [3.63, 3.8) is 0 Å². The van der Waals surface area contributed by atoms with Crippen LogP contribution in [0.2, 0.25) is 0 Å². The maximum Gasteiger partial charge on any atom is 0.251 e. The number of hydrazine groups is 1. The number of rotatable bonds is 4. The lowest BCUT2D eigenvalue weighted by molar-refractivity contribution is 0.0857. The molecule has 1 aliphatic heterocycles. The van der Waals surface area contributed by atoms with Gasteiger partial charge in [0.05, 0.1) is 6.10 Å². The highest BCUT2D eigenvalue weighted by Crippen LogP contribution is 2.19. The maximum atomic E-state index is 13.4. The molecule has 1 aliphatic rings. The van der Waals surface area contributed by atoms with Gasteiger partial charge in [-0.3, -0.25) is 10.6 Å². The van der Waals surface area contributed by atoms with Gasteiger partial charge in [-0.1, -0.05) is 0 Å². The highest BCUT2D eigenvalue weighted by Gasteiger charge is 2.18. The van der Waals surface area contributed by atoms with Crippen LogP contribution in [0.25, 0.3) is 0 Å². The molecular weight excluding hydrogens is 256 g/mol. The van der Waals surface area contributed by atoms with Crippen LogP contribution in [0, 0.1) is 11.6 Å². The minimum Gasteiger partial charge on any atom is -0.376 e. The molecule has 0 bridgehead atoms. The summed E-state index contributed by atoms with van der Waals surface area (Å²) in [5, 5.41) is 2.58. The van der Waals surface area contributed by atoms with Gasteiger partial charge in [-0.25, -0.2) is 8.78 Å². The summed E-state index contributed by atoms with van der Waals surface area (Å²) in [6.45, 7) is 1.01. The van der Waals surface area contributed by atoms with Crippen LogP contribution < -0.4 is 16.6 Å². The average Bonchev–Trinajstić information content (AvgIpc) is 2.88. The lowest BCUT2D eigenvalue weighted by Gasteiger charge is -2.11. The van der Waals surface area contributed by atoms with Crippen LogP contribution in [0.1, 0.15) is 23.2 Å². The third kappa shape index (κ3) is 3.18. The second kappa shape index (κ2) is 5.94. The van der Waals surface area contributed by atoms with E-state index < -0.39 is 23.2 Å². The van der Waals surface area contributed by atoms with Crippen LogP contribution in [-0.2, 0) is 4.74 Å². The normalized spacial score (nSPS) is 18.4. The molecule has 1 heterocycles. The highest BCUT2D eigenvalue weighted by atomic mass is 19.1. The highest BCUT2D eigenvalue weighted by molar-refractivity contribution is 5.94. The van der Waals surface area contributed by atoms with Gasteiger partial charge in [-0.05, 0) is 25.0 Å². The molecule has 1 amide bonds. The van der Waals surface area contributed by atoms with Crippen molar-refractivity contribution < 1.29 is 18.3 Å². The first kappa shape index (κ1) is 13.7. The fraction of sp³-hybridized carbons (Fsp3) is 0.417. The maximum absolute atomic E-state index is 13.4. The molecule has 0 aliphatic carbocycles. The summed E-state index contributed by atoms with van der Waals surface area (Å²) < 4.78 is 32.2. The molecule has 104 valence electrons. The predicted molar refractivity (Wildman–Crippen MR) is 65.5 cm³/mol. The molecule has 19 heavy (non-hydrogen) atoms. The Bertz CT molecular complexity index is 453. The van der Waals surface area contributed by atoms with Gasteiger partial charge in [0, 0.05) is 18.7 Å². The average molecular weight is 271 g/mol. The van der Waals surface area contributed by atoms with Gasteiger partial charge in [0.25, 0.3) is 5.91 Å². The van der Waals surface area contributed by atoms with Gasteiger partial charge in [0.2, 0.25) is 0 Å². The number of carbonyl (C=O) groups is 1. The summed E-state index contributed by atoms with van der Waals surface area (Å²) in [5.74, 6) is 2.60. The summed E-state index contributed by atoms with van der Waals surface area (Å²) >= 11 is 0. The number of halogens is 2. The van der Waals surface area contributed by atoms with Crippen molar-refractivity contribution in [1.82, 2.24) is 5.32 Å². The van der Waals surface area contributed by atoms with Crippen molar-refractivity contribution in [2.24, 2.45) is 5.84 Å². The Hall–Kier alpha value is -1.73. The monoisotopic (exact) mass is 271 g/mol. The molecule has 1 aromatic carbocycles. The first-order valence-corrected chi connectivity index (χ1v) is 5.97. The van der Waals surface area contributed by atoms with Gasteiger partial charge >= 0.3 is 0 Å². The summed E-state index contributed by atoms with van der Waals surface area (Å²) in [7, 11) is 0. The first-order valence-electron chi connectivity index (χ1n) is 5.97. The molecule has 0 aromatic heterocycles. The smallest absolute Gasteiger partial charge is 0.251 e. The molecule has 1 saturated heterocycles. The first-order chi connectivity index (χ1) is 9.11. The van der Waals surface area contributed by atoms with E-state index in [4.69, 9.17) is 10.6 Å². The third-order valence-corrected chi connectivity index (χ3v) is 2.96. The number of hydrogen-bond donors (Lipinski definition) is 3. The van der Waals surface area contributed by atoms with E-state index in [1.54, 1.807) is 0 Å². The molecule has 0 radical (unpaired) electrons. The second-order valence-corrected chi connectivity index (χ2v) is 4.30.